The Morgan fingerprint density at radius 1 is 1.07 bits per heavy atom. The van der Waals surface area contributed by atoms with Gasteiger partial charge in [-0.2, -0.15) is 0 Å². The van der Waals surface area contributed by atoms with E-state index >= 15 is 0 Å². The molecule has 9 heteroatoms. The molecule has 2 rings (SSSR count). The summed E-state index contributed by atoms with van der Waals surface area (Å²) in [5.74, 6) is 0.512. The van der Waals surface area contributed by atoms with E-state index in [1.54, 1.807) is 12.1 Å². The van der Waals surface area contributed by atoms with Crippen molar-refractivity contribution in [2.45, 2.75) is 25.3 Å². The number of rotatable bonds is 9. The standard InChI is InChI=1S/C20H22F3NO5/c1-27-17-9-3-13(11-18(17)28-2)4-10-19(26)24-12-16(25)14-5-7-15(8-6-14)29-20(21,22)23/h3,5-9,11,16,25H,4,10,12H2,1-2H3,(H,24,26). The Hall–Kier alpha value is -2.94. The quantitative estimate of drug-likeness (QED) is 0.659. The minimum absolute atomic E-state index is 0.0652. The zero-order chi connectivity index (χ0) is 21.4. The maximum Gasteiger partial charge on any atom is 0.573 e. The Morgan fingerprint density at radius 2 is 1.72 bits per heavy atom. The van der Waals surface area contributed by atoms with E-state index in [2.05, 4.69) is 10.1 Å². The van der Waals surface area contributed by atoms with Crippen LogP contribution in [-0.2, 0) is 11.2 Å². The lowest BCUT2D eigenvalue weighted by atomic mass is 10.1. The van der Waals surface area contributed by atoms with Gasteiger partial charge in [-0.25, -0.2) is 0 Å². The Labute approximate surface area is 166 Å². The number of hydrogen-bond donors (Lipinski definition) is 2. The van der Waals surface area contributed by atoms with Crippen molar-refractivity contribution >= 4 is 5.91 Å². The molecule has 0 spiro atoms. The monoisotopic (exact) mass is 413 g/mol. The molecule has 0 bridgehead atoms. The van der Waals surface area contributed by atoms with Gasteiger partial charge in [0.2, 0.25) is 5.91 Å². The first-order chi connectivity index (χ1) is 13.7. The van der Waals surface area contributed by atoms with Crippen molar-refractivity contribution in [3.63, 3.8) is 0 Å². The molecule has 0 aliphatic carbocycles. The van der Waals surface area contributed by atoms with E-state index in [9.17, 15) is 23.1 Å². The summed E-state index contributed by atoms with van der Waals surface area (Å²) in [6, 6.07) is 10.2. The summed E-state index contributed by atoms with van der Waals surface area (Å²) in [7, 11) is 3.06. The number of carbonyl (C=O) groups excluding carboxylic acids is 1. The van der Waals surface area contributed by atoms with E-state index in [0.29, 0.717) is 23.5 Å². The van der Waals surface area contributed by atoms with Gasteiger partial charge in [-0.1, -0.05) is 18.2 Å². The number of nitrogens with one attached hydrogen (secondary N) is 1. The van der Waals surface area contributed by atoms with Gasteiger partial charge in [0.25, 0.3) is 0 Å². The number of ether oxygens (including phenoxy) is 3. The van der Waals surface area contributed by atoms with Crippen LogP contribution in [0.4, 0.5) is 13.2 Å². The van der Waals surface area contributed by atoms with Crippen LogP contribution in [0.25, 0.3) is 0 Å². The number of halogens is 3. The summed E-state index contributed by atoms with van der Waals surface area (Å²) >= 11 is 0. The lowest BCUT2D eigenvalue weighted by Crippen LogP contribution is -2.28. The largest absolute Gasteiger partial charge is 0.573 e. The molecule has 0 radical (unpaired) electrons. The average molecular weight is 413 g/mol. The molecule has 0 saturated carbocycles. The summed E-state index contributed by atoms with van der Waals surface area (Å²) in [6.07, 6.45) is -5.17. The maximum absolute atomic E-state index is 12.2. The smallest absolute Gasteiger partial charge is 0.493 e. The molecule has 1 amide bonds. The van der Waals surface area contributed by atoms with Gasteiger partial charge in [0.15, 0.2) is 11.5 Å². The zero-order valence-electron chi connectivity index (χ0n) is 16.0. The number of carbonyl (C=O) groups is 1. The molecule has 1 atom stereocenters. The highest BCUT2D eigenvalue weighted by Gasteiger charge is 2.31. The van der Waals surface area contributed by atoms with Gasteiger partial charge in [-0.15, -0.1) is 13.2 Å². The third-order valence-corrected chi connectivity index (χ3v) is 4.08. The number of aliphatic hydroxyl groups is 1. The predicted molar refractivity (Wildman–Crippen MR) is 99.0 cm³/mol. The van der Waals surface area contributed by atoms with Crippen LogP contribution < -0.4 is 19.5 Å². The molecule has 0 aromatic heterocycles. The average Bonchev–Trinajstić information content (AvgIpc) is 2.69. The second-order valence-electron chi connectivity index (χ2n) is 6.13. The minimum atomic E-state index is -4.78. The first kappa shape index (κ1) is 22.4. The Kier molecular flexibility index (Phi) is 7.72. The molecule has 2 N–H and O–H groups in total. The number of amides is 1. The molecule has 6 nitrogen and oxygen atoms in total. The van der Waals surface area contributed by atoms with Gasteiger partial charge in [0.05, 0.1) is 20.3 Å². The van der Waals surface area contributed by atoms with E-state index in [0.717, 1.165) is 17.7 Å². The van der Waals surface area contributed by atoms with Crippen LogP contribution in [-0.4, -0.2) is 38.1 Å². The zero-order valence-corrected chi connectivity index (χ0v) is 16.0. The van der Waals surface area contributed by atoms with Crippen molar-refractivity contribution in [2.75, 3.05) is 20.8 Å². The van der Waals surface area contributed by atoms with Crippen LogP contribution in [0, 0.1) is 0 Å². The summed E-state index contributed by atoms with van der Waals surface area (Å²) in [4.78, 5) is 12.0. The third-order valence-electron chi connectivity index (χ3n) is 4.08. The van der Waals surface area contributed by atoms with Crippen LogP contribution in [0.2, 0.25) is 0 Å². The fourth-order valence-electron chi connectivity index (χ4n) is 2.60. The highest BCUT2D eigenvalue weighted by Crippen LogP contribution is 2.28. The number of aliphatic hydroxyl groups excluding tert-OH is 1. The molecule has 0 aliphatic heterocycles. The van der Waals surface area contributed by atoms with E-state index in [4.69, 9.17) is 9.47 Å². The number of alkyl halides is 3. The fraction of sp³-hybridized carbons (Fsp3) is 0.350. The van der Waals surface area contributed by atoms with Crippen molar-refractivity contribution < 1.29 is 37.3 Å². The lowest BCUT2D eigenvalue weighted by Gasteiger charge is -2.14. The van der Waals surface area contributed by atoms with Crippen molar-refractivity contribution in [3.05, 3.63) is 53.6 Å². The van der Waals surface area contributed by atoms with Crippen LogP contribution in [0.3, 0.4) is 0 Å². The third kappa shape index (κ3) is 7.19. The topological polar surface area (TPSA) is 77.0 Å². The number of benzene rings is 2. The van der Waals surface area contributed by atoms with Gasteiger partial charge in [0.1, 0.15) is 5.75 Å². The second kappa shape index (κ2) is 10.0. The van der Waals surface area contributed by atoms with Crippen LogP contribution in [0.1, 0.15) is 23.7 Å². The molecule has 1 unspecified atom stereocenters. The molecule has 2 aromatic rings. The highest BCUT2D eigenvalue weighted by atomic mass is 19.4. The molecular formula is C20H22F3NO5. The van der Waals surface area contributed by atoms with Crippen LogP contribution in [0.15, 0.2) is 42.5 Å². The Balaban J connectivity index is 1.81. The fourth-order valence-corrected chi connectivity index (χ4v) is 2.60. The predicted octanol–water partition coefficient (Wildman–Crippen LogP) is 3.38. The van der Waals surface area contributed by atoms with Gasteiger partial charge >= 0.3 is 6.36 Å². The number of methoxy groups -OCH3 is 2. The Bertz CT molecular complexity index is 809. The summed E-state index contributed by atoms with van der Waals surface area (Å²) in [6.45, 7) is -0.0652. The molecule has 2 aromatic carbocycles. The number of hydrogen-bond acceptors (Lipinski definition) is 5. The van der Waals surface area contributed by atoms with Gasteiger partial charge < -0.3 is 24.6 Å². The van der Waals surface area contributed by atoms with Gasteiger partial charge in [0, 0.05) is 13.0 Å². The maximum atomic E-state index is 12.2. The normalized spacial score (nSPS) is 12.2. The minimum Gasteiger partial charge on any atom is -0.493 e. The lowest BCUT2D eigenvalue weighted by molar-refractivity contribution is -0.274. The first-order valence-corrected chi connectivity index (χ1v) is 8.73. The molecule has 29 heavy (non-hydrogen) atoms. The van der Waals surface area contributed by atoms with E-state index in [-0.39, 0.29) is 24.6 Å². The molecule has 0 aliphatic rings. The molecule has 158 valence electrons. The van der Waals surface area contributed by atoms with Crippen LogP contribution >= 0.6 is 0 Å². The van der Waals surface area contributed by atoms with E-state index < -0.39 is 12.5 Å². The molecule has 0 heterocycles. The highest BCUT2D eigenvalue weighted by molar-refractivity contribution is 5.76. The van der Waals surface area contributed by atoms with E-state index in [1.165, 1.54) is 26.4 Å². The van der Waals surface area contributed by atoms with Crippen molar-refractivity contribution in [2.24, 2.45) is 0 Å². The van der Waals surface area contributed by atoms with Crippen molar-refractivity contribution in [1.29, 1.82) is 0 Å². The molecular weight excluding hydrogens is 391 g/mol. The summed E-state index contributed by atoms with van der Waals surface area (Å²) in [5, 5.41) is 12.7. The molecule has 0 saturated heterocycles. The Morgan fingerprint density at radius 3 is 2.31 bits per heavy atom. The van der Waals surface area contributed by atoms with Gasteiger partial charge in [-0.3, -0.25) is 4.79 Å². The summed E-state index contributed by atoms with van der Waals surface area (Å²) in [5.41, 5.74) is 1.25. The second-order valence-corrected chi connectivity index (χ2v) is 6.13. The van der Waals surface area contributed by atoms with Gasteiger partial charge in [-0.05, 0) is 41.8 Å². The first-order valence-electron chi connectivity index (χ1n) is 8.73. The van der Waals surface area contributed by atoms with Crippen LogP contribution in [0.5, 0.6) is 17.2 Å². The summed E-state index contributed by atoms with van der Waals surface area (Å²) < 4.78 is 50.6. The van der Waals surface area contributed by atoms with Crippen molar-refractivity contribution in [3.8, 4) is 17.2 Å². The SMILES string of the molecule is COc1ccc(CCC(=O)NCC(O)c2ccc(OC(F)(F)F)cc2)cc1OC. The van der Waals surface area contributed by atoms with Crippen molar-refractivity contribution in [1.82, 2.24) is 5.32 Å². The number of aryl methyl sites for hydroxylation is 1. The van der Waals surface area contributed by atoms with E-state index in [1.807, 2.05) is 6.07 Å². The molecule has 0 fully saturated rings.